The molecular weight excluding hydrogens is 306 g/mol. The van der Waals surface area contributed by atoms with Crippen molar-refractivity contribution in [3.05, 3.63) is 40.5 Å². The van der Waals surface area contributed by atoms with Crippen LogP contribution in [0.15, 0.2) is 34.9 Å². The molecule has 1 aromatic rings. The highest BCUT2D eigenvalue weighted by Crippen LogP contribution is 2.24. The fourth-order valence-electron chi connectivity index (χ4n) is 1.50. The maximum absolute atomic E-state index is 6.11. The molecule has 0 amide bonds. The number of nitrogens with one attached hydrogen (secondary N) is 1. The van der Waals surface area contributed by atoms with Crippen molar-refractivity contribution in [3.8, 4) is 5.75 Å². The molecule has 5 heteroatoms. The van der Waals surface area contributed by atoms with Gasteiger partial charge in [0.15, 0.2) is 0 Å². The molecule has 0 heterocycles. The third-order valence-electron chi connectivity index (χ3n) is 2.63. The highest BCUT2D eigenvalue weighted by atomic mass is 79.9. The molecule has 0 bridgehead atoms. The first-order chi connectivity index (χ1) is 9.04. The summed E-state index contributed by atoms with van der Waals surface area (Å²) in [4.78, 5) is 2.09. The van der Waals surface area contributed by atoms with Crippen LogP contribution in [-0.2, 0) is 0 Å². The largest absolute Gasteiger partial charge is 0.492 e. The van der Waals surface area contributed by atoms with Gasteiger partial charge in [0.1, 0.15) is 12.4 Å². The van der Waals surface area contributed by atoms with Gasteiger partial charge < -0.3 is 20.7 Å². The van der Waals surface area contributed by atoms with Crippen LogP contribution < -0.4 is 15.8 Å². The van der Waals surface area contributed by atoms with Crippen molar-refractivity contribution in [3.63, 3.8) is 0 Å². The molecule has 3 N–H and O–H groups in total. The molecule has 0 aliphatic carbocycles. The lowest BCUT2D eigenvalue weighted by molar-refractivity contribution is 0.261. The first kappa shape index (κ1) is 16.0. The lowest BCUT2D eigenvalue weighted by atomic mass is 10.1. The minimum atomic E-state index is -0.164. The number of rotatable bonds is 7. The predicted octanol–water partition coefficient (Wildman–Crippen LogP) is 2.08. The van der Waals surface area contributed by atoms with Gasteiger partial charge >= 0.3 is 0 Å². The monoisotopic (exact) mass is 327 g/mol. The van der Waals surface area contributed by atoms with Crippen LogP contribution in [0.5, 0.6) is 5.75 Å². The first-order valence-electron chi connectivity index (χ1n) is 6.20. The summed E-state index contributed by atoms with van der Waals surface area (Å²) in [5.74, 6) is 0.867. The van der Waals surface area contributed by atoms with Crippen LogP contribution in [0.1, 0.15) is 11.6 Å². The molecule has 1 aromatic carbocycles. The van der Waals surface area contributed by atoms with Crippen molar-refractivity contribution in [1.82, 2.24) is 10.2 Å². The highest BCUT2D eigenvalue weighted by Gasteiger charge is 2.09. The molecule has 19 heavy (non-hydrogen) atoms. The van der Waals surface area contributed by atoms with E-state index in [1.807, 2.05) is 51.6 Å². The molecule has 0 aliphatic heterocycles. The first-order valence-corrected chi connectivity index (χ1v) is 6.99. The Kier molecular flexibility index (Phi) is 6.91. The van der Waals surface area contributed by atoms with E-state index in [-0.39, 0.29) is 6.04 Å². The summed E-state index contributed by atoms with van der Waals surface area (Å²) in [6.45, 7) is 1.58. The van der Waals surface area contributed by atoms with E-state index in [0.29, 0.717) is 6.61 Å². The van der Waals surface area contributed by atoms with E-state index in [1.165, 1.54) is 0 Å². The number of benzene rings is 1. The molecule has 0 spiro atoms. The van der Waals surface area contributed by atoms with Crippen LogP contribution in [0.2, 0.25) is 0 Å². The average molecular weight is 328 g/mol. The normalized spacial score (nSPS) is 13.5. The molecule has 4 nitrogen and oxygen atoms in total. The summed E-state index contributed by atoms with van der Waals surface area (Å²) in [6.07, 6.45) is 1.84. The third kappa shape index (κ3) is 5.63. The van der Waals surface area contributed by atoms with E-state index < -0.39 is 0 Å². The van der Waals surface area contributed by atoms with E-state index in [9.17, 15) is 0 Å². The predicted molar refractivity (Wildman–Crippen MR) is 83.5 cm³/mol. The summed E-state index contributed by atoms with van der Waals surface area (Å²) in [6, 6.07) is 7.71. The Labute approximate surface area is 123 Å². The van der Waals surface area contributed by atoms with Gasteiger partial charge in [-0.1, -0.05) is 28.1 Å². The summed E-state index contributed by atoms with van der Waals surface area (Å²) in [7, 11) is 5.89. The SMILES string of the molecule is CN/C=C(/Br)C(N)c1ccc(OCCN(C)C)cc1. The molecule has 0 saturated heterocycles. The fraction of sp³-hybridized carbons (Fsp3) is 0.429. The zero-order valence-electron chi connectivity index (χ0n) is 11.7. The van der Waals surface area contributed by atoms with Crippen LogP contribution in [-0.4, -0.2) is 39.2 Å². The average Bonchev–Trinajstić information content (AvgIpc) is 2.38. The number of likely N-dealkylation sites (N-methyl/N-ethyl adjacent to an activating group) is 1. The quantitative estimate of drug-likeness (QED) is 0.805. The maximum atomic E-state index is 6.11. The molecule has 0 aromatic heterocycles. The van der Waals surface area contributed by atoms with Crippen LogP contribution >= 0.6 is 15.9 Å². The van der Waals surface area contributed by atoms with Crippen molar-refractivity contribution < 1.29 is 4.74 Å². The van der Waals surface area contributed by atoms with E-state index in [0.717, 1.165) is 22.3 Å². The van der Waals surface area contributed by atoms with Gasteiger partial charge in [-0.15, -0.1) is 0 Å². The van der Waals surface area contributed by atoms with Gasteiger partial charge in [0, 0.05) is 24.3 Å². The second kappa shape index (κ2) is 8.19. The van der Waals surface area contributed by atoms with Crippen molar-refractivity contribution in [2.24, 2.45) is 5.73 Å². The standard InChI is InChI=1S/C14H22BrN3O/c1-17-10-13(15)14(16)11-4-6-12(7-5-11)19-9-8-18(2)3/h4-7,10,14,17H,8-9,16H2,1-3H3/b13-10+. The summed E-state index contributed by atoms with van der Waals surface area (Å²) >= 11 is 3.45. The van der Waals surface area contributed by atoms with Gasteiger partial charge in [-0.2, -0.15) is 0 Å². The molecule has 106 valence electrons. The lowest BCUT2D eigenvalue weighted by Gasteiger charge is -2.14. The third-order valence-corrected chi connectivity index (χ3v) is 3.35. The van der Waals surface area contributed by atoms with Gasteiger partial charge in [-0.3, -0.25) is 0 Å². The van der Waals surface area contributed by atoms with Gasteiger partial charge in [-0.05, 0) is 31.8 Å². The Bertz CT molecular complexity index is 404. The minimum Gasteiger partial charge on any atom is -0.492 e. The highest BCUT2D eigenvalue weighted by molar-refractivity contribution is 9.11. The van der Waals surface area contributed by atoms with Gasteiger partial charge in [0.2, 0.25) is 0 Å². The molecule has 1 rings (SSSR count). The van der Waals surface area contributed by atoms with Crippen molar-refractivity contribution in [1.29, 1.82) is 0 Å². The van der Waals surface area contributed by atoms with Crippen LogP contribution in [0.4, 0.5) is 0 Å². The molecule has 1 atom stereocenters. The van der Waals surface area contributed by atoms with Crippen LogP contribution in [0.25, 0.3) is 0 Å². The van der Waals surface area contributed by atoms with Crippen molar-refractivity contribution >= 4 is 15.9 Å². The lowest BCUT2D eigenvalue weighted by Crippen LogP contribution is -2.19. The molecule has 0 aliphatic rings. The summed E-state index contributed by atoms with van der Waals surface area (Å²) < 4.78 is 6.55. The number of hydrogen-bond donors (Lipinski definition) is 2. The number of ether oxygens (including phenoxy) is 1. The zero-order valence-corrected chi connectivity index (χ0v) is 13.3. The Morgan fingerprint density at radius 3 is 2.58 bits per heavy atom. The van der Waals surface area contributed by atoms with Gasteiger partial charge in [0.05, 0.1) is 6.04 Å². The van der Waals surface area contributed by atoms with Crippen LogP contribution in [0.3, 0.4) is 0 Å². The Hall–Kier alpha value is -1.04. The van der Waals surface area contributed by atoms with Gasteiger partial charge in [0.25, 0.3) is 0 Å². The summed E-state index contributed by atoms with van der Waals surface area (Å²) in [5, 5.41) is 2.95. The van der Waals surface area contributed by atoms with Crippen molar-refractivity contribution in [2.75, 3.05) is 34.3 Å². The molecular formula is C14H22BrN3O. The number of nitrogens with zero attached hydrogens (tertiary/aromatic N) is 1. The fourth-order valence-corrected chi connectivity index (χ4v) is 2.00. The molecule has 0 saturated carbocycles. The topological polar surface area (TPSA) is 50.5 Å². The number of hydrogen-bond acceptors (Lipinski definition) is 4. The second-order valence-electron chi connectivity index (χ2n) is 4.52. The van der Waals surface area contributed by atoms with Crippen LogP contribution in [0, 0.1) is 0 Å². The Balaban J connectivity index is 2.58. The second-order valence-corrected chi connectivity index (χ2v) is 5.43. The number of nitrogens with two attached hydrogens (primary N) is 1. The molecule has 1 unspecified atom stereocenters. The summed E-state index contributed by atoms with van der Waals surface area (Å²) in [5.41, 5.74) is 7.15. The van der Waals surface area contributed by atoms with E-state index in [1.54, 1.807) is 0 Å². The number of halogens is 1. The van der Waals surface area contributed by atoms with E-state index in [4.69, 9.17) is 10.5 Å². The Morgan fingerprint density at radius 1 is 1.42 bits per heavy atom. The molecule has 0 fully saturated rings. The maximum Gasteiger partial charge on any atom is 0.119 e. The van der Waals surface area contributed by atoms with E-state index >= 15 is 0 Å². The van der Waals surface area contributed by atoms with Gasteiger partial charge in [-0.25, -0.2) is 0 Å². The van der Waals surface area contributed by atoms with E-state index in [2.05, 4.69) is 26.1 Å². The minimum absolute atomic E-state index is 0.164. The smallest absolute Gasteiger partial charge is 0.119 e. The zero-order chi connectivity index (χ0) is 14.3. The Morgan fingerprint density at radius 2 is 2.05 bits per heavy atom. The molecule has 0 radical (unpaired) electrons. The van der Waals surface area contributed by atoms with Crippen molar-refractivity contribution in [2.45, 2.75) is 6.04 Å².